The molecule has 0 fully saturated rings. The normalized spacial score (nSPS) is 15.0. The molecular weight excluding hydrogens is 112 g/mol. The van der Waals surface area contributed by atoms with Crippen LogP contribution in [-0.2, 0) is 0 Å². The van der Waals surface area contributed by atoms with E-state index in [1.54, 1.807) is 5.01 Å². The summed E-state index contributed by atoms with van der Waals surface area (Å²) in [7, 11) is 1.90. The lowest BCUT2D eigenvalue weighted by molar-refractivity contribution is 0.255. The molecule has 1 unspecified atom stereocenters. The molecule has 0 aromatic carbocycles. The summed E-state index contributed by atoms with van der Waals surface area (Å²) in [6.45, 7) is 7.63. The molecule has 1 atom stereocenters. The molecular formula is C7H18N2. The van der Waals surface area contributed by atoms with Gasteiger partial charge in [-0.3, -0.25) is 5.84 Å². The Morgan fingerprint density at radius 3 is 1.89 bits per heavy atom. The molecule has 0 spiro atoms. The summed E-state index contributed by atoms with van der Waals surface area (Å²) in [6.07, 6.45) is 0. The number of hydrazine groups is 1. The molecule has 0 saturated heterocycles. The van der Waals surface area contributed by atoms with Gasteiger partial charge in [0, 0.05) is 13.6 Å². The summed E-state index contributed by atoms with van der Waals surface area (Å²) in [6, 6.07) is 0. The van der Waals surface area contributed by atoms with E-state index in [4.69, 9.17) is 5.84 Å². The Hall–Kier alpha value is -0.0800. The first-order valence-electron chi connectivity index (χ1n) is 3.50. The first-order chi connectivity index (χ1) is 4.04. The van der Waals surface area contributed by atoms with Gasteiger partial charge >= 0.3 is 0 Å². The van der Waals surface area contributed by atoms with Crippen molar-refractivity contribution in [2.75, 3.05) is 13.6 Å². The molecule has 0 aromatic rings. The zero-order chi connectivity index (χ0) is 7.44. The fourth-order valence-electron chi connectivity index (χ4n) is 0.665. The smallest absolute Gasteiger partial charge is 0.0153 e. The zero-order valence-electron chi connectivity index (χ0n) is 6.89. The van der Waals surface area contributed by atoms with Crippen LogP contribution in [-0.4, -0.2) is 18.6 Å². The van der Waals surface area contributed by atoms with Gasteiger partial charge in [-0.1, -0.05) is 20.8 Å². The van der Waals surface area contributed by atoms with Crippen LogP contribution in [0.5, 0.6) is 0 Å². The van der Waals surface area contributed by atoms with Crippen molar-refractivity contribution in [2.24, 2.45) is 17.7 Å². The minimum Gasteiger partial charge on any atom is -0.269 e. The van der Waals surface area contributed by atoms with E-state index in [0.717, 1.165) is 12.5 Å². The zero-order valence-corrected chi connectivity index (χ0v) is 6.89. The molecule has 9 heavy (non-hydrogen) atoms. The van der Waals surface area contributed by atoms with Gasteiger partial charge in [0.05, 0.1) is 0 Å². The molecule has 0 radical (unpaired) electrons. The Balaban J connectivity index is 3.38. The van der Waals surface area contributed by atoms with Crippen molar-refractivity contribution in [3.63, 3.8) is 0 Å². The second kappa shape index (κ2) is 3.85. The lowest BCUT2D eigenvalue weighted by atomic mass is 9.98. The standard InChI is InChI=1S/C7H18N2/c1-6(2)7(3)5-9(4)8/h6-7H,5,8H2,1-4H3. The lowest BCUT2D eigenvalue weighted by Gasteiger charge is -2.19. The number of rotatable bonds is 3. The summed E-state index contributed by atoms with van der Waals surface area (Å²) in [5, 5.41) is 1.74. The van der Waals surface area contributed by atoms with Crippen LogP contribution in [0.1, 0.15) is 20.8 Å². The van der Waals surface area contributed by atoms with E-state index in [9.17, 15) is 0 Å². The average molecular weight is 130 g/mol. The molecule has 2 heteroatoms. The van der Waals surface area contributed by atoms with Crippen LogP contribution < -0.4 is 5.84 Å². The van der Waals surface area contributed by atoms with Crippen molar-refractivity contribution < 1.29 is 0 Å². The Kier molecular flexibility index (Phi) is 3.82. The van der Waals surface area contributed by atoms with Crippen LogP contribution in [0, 0.1) is 11.8 Å². The molecule has 0 aliphatic carbocycles. The highest BCUT2D eigenvalue weighted by Gasteiger charge is 2.06. The Morgan fingerprint density at radius 2 is 1.78 bits per heavy atom. The molecule has 0 aromatic heterocycles. The minimum absolute atomic E-state index is 0.694. The second-order valence-corrected chi connectivity index (χ2v) is 3.16. The third-order valence-corrected chi connectivity index (χ3v) is 1.71. The molecule has 0 aliphatic rings. The van der Waals surface area contributed by atoms with E-state index < -0.39 is 0 Å². The van der Waals surface area contributed by atoms with Crippen molar-refractivity contribution >= 4 is 0 Å². The van der Waals surface area contributed by atoms with Gasteiger partial charge in [0.15, 0.2) is 0 Å². The van der Waals surface area contributed by atoms with Gasteiger partial charge in [0.25, 0.3) is 0 Å². The summed E-state index contributed by atoms with van der Waals surface area (Å²) in [5.41, 5.74) is 0. The van der Waals surface area contributed by atoms with Crippen molar-refractivity contribution in [1.29, 1.82) is 0 Å². The SMILES string of the molecule is CC(C)C(C)CN(C)N. The van der Waals surface area contributed by atoms with Crippen molar-refractivity contribution in [3.8, 4) is 0 Å². The fourth-order valence-corrected chi connectivity index (χ4v) is 0.665. The number of nitrogens with zero attached hydrogens (tertiary/aromatic N) is 1. The van der Waals surface area contributed by atoms with Crippen molar-refractivity contribution in [1.82, 2.24) is 5.01 Å². The average Bonchev–Trinajstić information content (AvgIpc) is 1.63. The van der Waals surface area contributed by atoms with Crippen molar-refractivity contribution in [3.05, 3.63) is 0 Å². The largest absolute Gasteiger partial charge is 0.269 e. The predicted octanol–water partition coefficient (Wildman–Crippen LogP) is 1.08. The molecule has 56 valence electrons. The van der Waals surface area contributed by atoms with E-state index in [2.05, 4.69) is 20.8 Å². The Labute approximate surface area is 58.0 Å². The van der Waals surface area contributed by atoms with Gasteiger partial charge in [-0.15, -0.1) is 0 Å². The van der Waals surface area contributed by atoms with Crippen LogP contribution in [0.4, 0.5) is 0 Å². The van der Waals surface area contributed by atoms with Crippen LogP contribution >= 0.6 is 0 Å². The monoisotopic (exact) mass is 130 g/mol. The highest BCUT2D eigenvalue weighted by Crippen LogP contribution is 2.08. The van der Waals surface area contributed by atoms with E-state index in [1.165, 1.54) is 0 Å². The molecule has 0 heterocycles. The second-order valence-electron chi connectivity index (χ2n) is 3.16. The molecule has 0 saturated carbocycles. The summed E-state index contributed by atoms with van der Waals surface area (Å²) in [5.74, 6) is 6.89. The maximum absolute atomic E-state index is 5.46. The van der Waals surface area contributed by atoms with Crippen LogP contribution in [0.25, 0.3) is 0 Å². The van der Waals surface area contributed by atoms with E-state index >= 15 is 0 Å². The van der Waals surface area contributed by atoms with Gasteiger partial charge in [0.2, 0.25) is 0 Å². The van der Waals surface area contributed by atoms with E-state index in [1.807, 2.05) is 7.05 Å². The third kappa shape index (κ3) is 4.43. The van der Waals surface area contributed by atoms with Crippen LogP contribution in [0.2, 0.25) is 0 Å². The molecule has 0 aliphatic heterocycles. The molecule has 0 rings (SSSR count). The Morgan fingerprint density at radius 1 is 1.33 bits per heavy atom. The maximum Gasteiger partial charge on any atom is 0.0153 e. The quantitative estimate of drug-likeness (QED) is 0.457. The number of nitrogens with two attached hydrogens (primary N) is 1. The third-order valence-electron chi connectivity index (χ3n) is 1.71. The number of hydrogen-bond acceptors (Lipinski definition) is 2. The molecule has 2 nitrogen and oxygen atoms in total. The Bertz CT molecular complexity index is 69.3. The summed E-state index contributed by atoms with van der Waals surface area (Å²) < 4.78 is 0. The van der Waals surface area contributed by atoms with Gasteiger partial charge in [-0.2, -0.15) is 0 Å². The molecule has 0 bridgehead atoms. The minimum atomic E-state index is 0.694. The lowest BCUT2D eigenvalue weighted by Crippen LogP contribution is -2.32. The van der Waals surface area contributed by atoms with E-state index in [-0.39, 0.29) is 0 Å². The highest BCUT2D eigenvalue weighted by atomic mass is 15.4. The summed E-state index contributed by atoms with van der Waals surface area (Å²) >= 11 is 0. The predicted molar refractivity (Wildman–Crippen MR) is 40.8 cm³/mol. The van der Waals surface area contributed by atoms with E-state index in [0.29, 0.717) is 5.92 Å². The highest BCUT2D eigenvalue weighted by molar-refractivity contribution is 4.58. The first kappa shape index (κ1) is 8.92. The summed E-state index contributed by atoms with van der Waals surface area (Å²) in [4.78, 5) is 0. The molecule has 0 amide bonds. The van der Waals surface area contributed by atoms with Gasteiger partial charge < -0.3 is 0 Å². The first-order valence-corrected chi connectivity index (χ1v) is 3.50. The van der Waals surface area contributed by atoms with Crippen LogP contribution in [0.3, 0.4) is 0 Å². The van der Waals surface area contributed by atoms with Crippen LogP contribution in [0.15, 0.2) is 0 Å². The fraction of sp³-hybridized carbons (Fsp3) is 1.00. The maximum atomic E-state index is 5.46. The van der Waals surface area contributed by atoms with Gasteiger partial charge in [-0.05, 0) is 11.8 Å². The molecule has 2 N–H and O–H groups in total. The van der Waals surface area contributed by atoms with Gasteiger partial charge in [-0.25, -0.2) is 5.01 Å². The van der Waals surface area contributed by atoms with Crippen molar-refractivity contribution in [2.45, 2.75) is 20.8 Å². The van der Waals surface area contributed by atoms with Gasteiger partial charge in [0.1, 0.15) is 0 Å². The topological polar surface area (TPSA) is 29.3 Å². The number of hydrogen-bond donors (Lipinski definition) is 1.